The highest BCUT2D eigenvalue weighted by molar-refractivity contribution is 5.97. The van der Waals surface area contributed by atoms with Gasteiger partial charge in [0.2, 0.25) is 0 Å². The SMILES string of the molecule is COc1ccccc1C(=O)NCC1(c2ccccc2)CCc2nc(C)ncc2C1. The Kier molecular flexibility index (Phi) is 5.30. The van der Waals surface area contributed by atoms with Crippen molar-refractivity contribution in [1.82, 2.24) is 15.3 Å². The van der Waals surface area contributed by atoms with Gasteiger partial charge < -0.3 is 10.1 Å². The van der Waals surface area contributed by atoms with Gasteiger partial charge in [-0.2, -0.15) is 0 Å². The lowest BCUT2D eigenvalue weighted by Crippen LogP contribution is -2.45. The Morgan fingerprint density at radius 1 is 1.14 bits per heavy atom. The maximum atomic E-state index is 12.9. The van der Waals surface area contributed by atoms with Crippen LogP contribution < -0.4 is 10.1 Å². The van der Waals surface area contributed by atoms with E-state index < -0.39 is 0 Å². The number of benzene rings is 2. The van der Waals surface area contributed by atoms with E-state index in [1.54, 1.807) is 19.2 Å². The number of carbonyl (C=O) groups is 1. The Morgan fingerprint density at radius 3 is 2.69 bits per heavy atom. The third-order valence-corrected chi connectivity index (χ3v) is 5.77. The molecule has 0 aliphatic heterocycles. The Labute approximate surface area is 171 Å². The van der Waals surface area contributed by atoms with Crippen LogP contribution in [0.1, 0.15) is 39.4 Å². The van der Waals surface area contributed by atoms with E-state index in [0.29, 0.717) is 17.9 Å². The average Bonchev–Trinajstić information content (AvgIpc) is 2.78. The molecule has 5 heteroatoms. The first-order valence-electron chi connectivity index (χ1n) is 9.89. The zero-order chi connectivity index (χ0) is 20.3. The number of aryl methyl sites for hydroxylation is 2. The molecule has 1 unspecified atom stereocenters. The van der Waals surface area contributed by atoms with Crippen LogP contribution in [0, 0.1) is 6.92 Å². The number of amides is 1. The molecular weight excluding hydrogens is 362 g/mol. The number of nitrogens with one attached hydrogen (secondary N) is 1. The Hall–Kier alpha value is -3.21. The Bertz CT molecular complexity index is 1020. The second kappa shape index (κ2) is 8.03. The van der Waals surface area contributed by atoms with Crippen molar-refractivity contribution in [3.63, 3.8) is 0 Å². The van der Waals surface area contributed by atoms with Crippen LogP contribution in [0.5, 0.6) is 5.75 Å². The van der Waals surface area contributed by atoms with Crippen LogP contribution in [0.4, 0.5) is 0 Å². The van der Waals surface area contributed by atoms with Crippen LogP contribution in [0.15, 0.2) is 60.8 Å². The quantitative estimate of drug-likeness (QED) is 0.726. The van der Waals surface area contributed by atoms with Crippen LogP contribution in [-0.2, 0) is 18.3 Å². The summed E-state index contributed by atoms with van der Waals surface area (Å²) in [6.07, 6.45) is 4.54. The summed E-state index contributed by atoms with van der Waals surface area (Å²) in [5.41, 5.74) is 3.88. The molecule has 5 nitrogen and oxygen atoms in total. The van der Waals surface area contributed by atoms with Gasteiger partial charge in [0.1, 0.15) is 11.6 Å². The minimum Gasteiger partial charge on any atom is -0.496 e. The highest BCUT2D eigenvalue weighted by Gasteiger charge is 2.37. The molecule has 1 atom stereocenters. The van der Waals surface area contributed by atoms with Crippen molar-refractivity contribution in [2.24, 2.45) is 0 Å². The number of carbonyl (C=O) groups excluding carboxylic acids is 1. The number of ether oxygens (including phenoxy) is 1. The molecule has 29 heavy (non-hydrogen) atoms. The minimum absolute atomic E-state index is 0.122. The second-order valence-electron chi connectivity index (χ2n) is 7.60. The molecule has 4 rings (SSSR count). The third kappa shape index (κ3) is 3.86. The monoisotopic (exact) mass is 387 g/mol. The molecule has 1 amide bonds. The number of hydrogen-bond acceptors (Lipinski definition) is 4. The molecule has 3 aromatic rings. The van der Waals surface area contributed by atoms with Gasteiger partial charge in [-0.05, 0) is 49.4 Å². The van der Waals surface area contributed by atoms with E-state index in [4.69, 9.17) is 4.74 Å². The average molecular weight is 387 g/mol. The third-order valence-electron chi connectivity index (χ3n) is 5.77. The van der Waals surface area contributed by atoms with E-state index in [-0.39, 0.29) is 11.3 Å². The zero-order valence-corrected chi connectivity index (χ0v) is 16.8. The molecule has 0 bridgehead atoms. The number of rotatable bonds is 5. The van der Waals surface area contributed by atoms with Crippen molar-refractivity contribution in [2.45, 2.75) is 31.6 Å². The smallest absolute Gasteiger partial charge is 0.255 e. The van der Waals surface area contributed by atoms with Gasteiger partial charge in [0.15, 0.2) is 0 Å². The number of hydrogen-bond donors (Lipinski definition) is 1. The molecule has 1 aliphatic carbocycles. The van der Waals surface area contributed by atoms with Gasteiger partial charge in [0.05, 0.1) is 12.7 Å². The van der Waals surface area contributed by atoms with Gasteiger partial charge in [-0.3, -0.25) is 4.79 Å². The molecule has 0 fully saturated rings. The maximum absolute atomic E-state index is 12.9. The summed E-state index contributed by atoms with van der Waals surface area (Å²) in [5, 5.41) is 3.17. The van der Waals surface area contributed by atoms with Gasteiger partial charge >= 0.3 is 0 Å². The van der Waals surface area contributed by atoms with E-state index in [1.807, 2.05) is 31.3 Å². The van der Waals surface area contributed by atoms with Crippen LogP contribution in [-0.4, -0.2) is 29.5 Å². The largest absolute Gasteiger partial charge is 0.496 e. The number of methoxy groups -OCH3 is 1. The summed E-state index contributed by atoms with van der Waals surface area (Å²) in [5.74, 6) is 1.26. The lowest BCUT2D eigenvalue weighted by atomic mass is 9.68. The molecule has 0 saturated carbocycles. The van der Waals surface area contributed by atoms with Gasteiger partial charge in [-0.15, -0.1) is 0 Å². The van der Waals surface area contributed by atoms with Crippen molar-refractivity contribution in [2.75, 3.05) is 13.7 Å². The highest BCUT2D eigenvalue weighted by Crippen LogP contribution is 2.37. The normalized spacial score (nSPS) is 18.0. The standard InChI is InChI=1S/C24H25N3O2/c1-17-25-15-18-14-24(13-12-21(18)27-17,19-8-4-3-5-9-19)16-26-23(28)20-10-6-7-11-22(20)29-2/h3-11,15H,12-14,16H2,1-2H3,(H,26,28). The molecule has 1 N–H and O–H groups in total. The summed E-state index contributed by atoms with van der Waals surface area (Å²) >= 11 is 0. The fourth-order valence-corrected chi connectivity index (χ4v) is 4.18. The lowest BCUT2D eigenvalue weighted by molar-refractivity contribution is 0.0937. The molecule has 0 saturated heterocycles. The lowest BCUT2D eigenvalue weighted by Gasteiger charge is -2.38. The second-order valence-corrected chi connectivity index (χ2v) is 7.60. The molecule has 1 aliphatic rings. The number of aromatic nitrogens is 2. The first-order valence-corrected chi connectivity index (χ1v) is 9.89. The number of para-hydroxylation sites is 1. The topological polar surface area (TPSA) is 64.1 Å². The van der Waals surface area contributed by atoms with Crippen LogP contribution in [0.25, 0.3) is 0 Å². The van der Waals surface area contributed by atoms with Gasteiger partial charge in [-0.1, -0.05) is 42.5 Å². The van der Waals surface area contributed by atoms with Crippen molar-refractivity contribution < 1.29 is 9.53 Å². The van der Waals surface area contributed by atoms with E-state index in [0.717, 1.165) is 36.3 Å². The van der Waals surface area contributed by atoms with E-state index >= 15 is 0 Å². The predicted octanol–water partition coefficient (Wildman–Crippen LogP) is 3.65. The summed E-state index contributed by atoms with van der Waals surface area (Å²) in [4.78, 5) is 21.9. The van der Waals surface area contributed by atoms with E-state index in [2.05, 4.69) is 39.6 Å². The summed E-state index contributed by atoms with van der Waals surface area (Å²) < 4.78 is 5.35. The number of fused-ring (bicyclic) bond motifs is 1. The first-order chi connectivity index (χ1) is 14.1. The summed E-state index contributed by atoms with van der Waals surface area (Å²) in [6.45, 7) is 2.47. The molecule has 0 radical (unpaired) electrons. The van der Waals surface area contributed by atoms with Crippen LogP contribution in [0.3, 0.4) is 0 Å². The Balaban J connectivity index is 1.63. The molecule has 2 aromatic carbocycles. The number of nitrogens with zero attached hydrogens (tertiary/aromatic N) is 2. The minimum atomic E-state index is -0.190. The van der Waals surface area contributed by atoms with Crippen LogP contribution in [0.2, 0.25) is 0 Å². The van der Waals surface area contributed by atoms with E-state index in [9.17, 15) is 4.79 Å². The van der Waals surface area contributed by atoms with Crippen molar-refractivity contribution in [3.8, 4) is 5.75 Å². The van der Waals surface area contributed by atoms with Gasteiger partial charge in [0, 0.05) is 23.9 Å². The molecular formula is C24H25N3O2. The molecule has 0 spiro atoms. The first kappa shape index (κ1) is 19.1. The molecule has 148 valence electrons. The predicted molar refractivity (Wildman–Crippen MR) is 112 cm³/mol. The van der Waals surface area contributed by atoms with E-state index in [1.165, 1.54) is 5.56 Å². The Morgan fingerprint density at radius 2 is 1.90 bits per heavy atom. The van der Waals surface area contributed by atoms with Crippen molar-refractivity contribution in [1.29, 1.82) is 0 Å². The summed E-state index contributed by atoms with van der Waals surface area (Å²) in [6, 6.07) is 17.7. The maximum Gasteiger partial charge on any atom is 0.255 e. The molecule has 1 aromatic heterocycles. The van der Waals surface area contributed by atoms with Crippen molar-refractivity contribution in [3.05, 3.63) is 89.0 Å². The van der Waals surface area contributed by atoms with Crippen LogP contribution >= 0.6 is 0 Å². The molecule has 1 heterocycles. The summed E-state index contributed by atoms with van der Waals surface area (Å²) in [7, 11) is 1.58. The zero-order valence-electron chi connectivity index (χ0n) is 16.8. The highest BCUT2D eigenvalue weighted by atomic mass is 16.5. The van der Waals surface area contributed by atoms with Gasteiger partial charge in [-0.25, -0.2) is 9.97 Å². The fourth-order valence-electron chi connectivity index (χ4n) is 4.18. The van der Waals surface area contributed by atoms with Crippen molar-refractivity contribution >= 4 is 5.91 Å². The van der Waals surface area contributed by atoms with Gasteiger partial charge in [0.25, 0.3) is 5.91 Å². The fraction of sp³-hybridized carbons (Fsp3) is 0.292.